The van der Waals surface area contributed by atoms with Crippen LogP contribution in [-0.2, 0) is 0 Å². The molecule has 3 aromatic rings. The van der Waals surface area contributed by atoms with Crippen molar-refractivity contribution in [3.8, 4) is 28.6 Å². The van der Waals surface area contributed by atoms with Crippen molar-refractivity contribution in [3.05, 3.63) is 51.9 Å². The molecule has 0 amide bonds. The third-order valence-corrected chi connectivity index (χ3v) is 3.61. The van der Waals surface area contributed by atoms with Gasteiger partial charge in [0.05, 0.1) is 3.57 Å². The van der Waals surface area contributed by atoms with Gasteiger partial charge in [0, 0.05) is 11.1 Å². The highest BCUT2D eigenvalue weighted by molar-refractivity contribution is 14.1. The lowest BCUT2D eigenvalue weighted by molar-refractivity contribution is 0.431. The fourth-order valence-corrected chi connectivity index (χ4v) is 2.07. The molecule has 0 fully saturated rings. The van der Waals surface area contributed by atoms with Crippen molar-refractivity contribution in [1.29, 1.82) is 0 Å². The predicted octanol–water partition coefficient (Wildman–Crippen LogP) is 3.85. The van der Waals surface area contributed by atoms with Crippen LogP contribution < -0.4 is 0 Å². The Bertz CT molecular complexity index is 773. The van der Waals surface area contributed by atoms with Gasteiger partial charge in [-0.2, -0.15) is 4.98 Å². The lowest BCUT2D eigenvalue weighted by Crippen LogP contribution is -1.83. The Morgan fingerprint density at radius 3 is 2.70 bits per heavy atom. The number of aromatic hydroxyl groups is 1. The topological polar surface area (TPSA) is 59.2 Å². The zero-order valence-electron chi connectivity index (χ0n) is 10.0. The quantitative estimate of drug-likeness (QED) is 0.684. The van der Waals surface area contributed by atoms with Crippen LogP contribution in [0.2, 0.25) is 0 Å². The smallest absolute Gasteiger partial charge is 0.258 e. The third kappa shape index (κ3) is 2.51. The first kappa shape index (κ1) is 13.0. The second kappa shape index (κ2) is 5.20. The molecule has 0 spiro atoms. The molecule has 0 aliphatic carbocycles. The van der Waals surface area contributed by atoms with Gasteiger partial charge in [-0.1, -0.05) is 17.3 Å². The van der Waals surface area contributed by atoms with E-state index >= 15 is 0 Å². The lowest BCUT2D eigenvalue weighted by atomic mass is 10.2. The Labute approximate surface area is 127 Å². The average Bonchev–Trinajstić information content (AvgIpc) is 2.92. The molecule has 0 aliphatic rings. The average molecular weight is 382 g/mol. The Kier molecular flexibility index (Phi) is 3.39. The van der Waals surface area contributed by atoms with Crippen LogP contribution in [0, 0.1) is 9.39 Å². The van der Waals surface area contributed by atoms with Crippen LogP contribution in [0.3, 0.4) is 0 Å². The third-order valence-electron chi connectivity index (χ3n) is 2.70. The number of benzene rings is 2. The number of nitrogens with zero attached hydrogens (tertiary/aromatic N) is 2. The Morgan fingerprint density at radius 1 is 1.10 bits per heavy atom. The van der Waals surface area contributed by atoms with Crippen molar-refractivity contribution in [2.24, 2.45) is 0 Å². The van der Waals surface area contributed by atoms with Gasteiger partial charge in [-0.3, -0.25) is 0 Å². The van der Waals surface area contributed by atoms with Crippen molar-refractivity contribution in [1.82, 2.24) is 10.1 Å². The minimum atomic E-state index is -0.360. The van der Waals surface area contributed by atoms with Gasteiger partial charge in [-0.15, -0.1) is 0 Å². The monoisotopic (exact) mass is 382 g/mol. The summed E-state index contributed by atoms with van der Waals surface area (Å²) in [5.74, 6) is 0.364. The first-order valence-electron chi connectivity index (χ1n) is 5.72. The maximum Gasteiger partial charge on any atom is 0.258 e. The number of rotatable bonds is 2. The molecular weight excluding hydrogens is 374 g/mol. The van der Waals surface area contributed by atoms with Crippen molar-refractivity contribution >= 4 is 22.6 Å². The van der Waals surface area contributed by atoms with Crippen LogP contribution in [0.4, 0.5) is 4.39 Å². The fraction of sp³-hybridized carbons (Fsp3) is 0. The fourth-order valence-electron chi connectivity index (χ4n) is 1.73. The van der Waals surface area contributed by atoms with Crippen LogP contribution in [0.1, 0.15) is 0 Å². The van der Waals surface area contributed by atoms with E-state index in [1.165, 1.54) is 12.1 Å². The number of hydrogen-bond donors (Lipinski definition) is 1. The number of halogens is 2. The van der Waals surface area contributed by atoms with E-state index in [0.717, 1.165) is 3.57 Å². The Morgan fingerprint density at radius 2 is 1.95 bits per heavy atom. The molecule has 0 atom stereocenters. The molecule has 20 heavy (non-hydrogen) atoms. The van der Waals surface area contributed by atoms with E-state index in [1.54, 1.807) is 30.3 Å². The van der Waals surface area contributed by atoms with E-state index in [4.69, 9.17) is 4.52 Å². The van der Waals surface area contributed by atoms with Crippen LogP contribution in [-0.4, -0.2) is 15.2 Å². The maximum absolute atomic E-state index is 13.2. The number of aromatic nitrogens is 2. The van der Waals surface area contributed by atoms with E-state index in [0.29, 0.717) is 17.0 Å². The first-order valence-corrected chi connectivity index (χ1v) is 6.80. The summed E-state index contributed by atoms with van der Waals surface area (Å²) < 4.78 is 19.0. The van der Waals surface area contributed by atoms with E-state index < -0.39 is 0 Å². The van der Waals surface area contributed by atoms with Crippen LogP contribution in [0.25, 0.3) is 22.8 Å². The molecule has 1 aromatic heterocycles. The molecule has 4 nitrogen and oxygen atoms in total. The largest absolute Gasteiger partial charge is 0.507 e. The summed E-state index contributed by atoms with van der Waals surface area (Å²) >= 11 is 2.02. The second-order valence-electron chi connectivity index (χ2n) is 4.10. The van der Waals surface area contributed by atoms with Gasteiger partial charge < -0.3 is 9.63 Å². The summed E-state index contributed by atoms with van der Waals surface area (Å²) in [6.45, 7) is 0. The van der Waals surface area contributed by atoms with Gasteiger partial charge in [0.25, 0.3) is 5.89 Å². The lowest BCUT2D eigenvalue weighted by Gasteiger charge is -1.98. The molecule has 0 saturated carbocycles. The molecule has 1 heterocycles. The van der Waals surface area contributed by atoms with Crippen LogP contribution >= 0.6 is 22.6 Å². The van der Waals surface area contributed by atoms with Crippen LogP contribution in [0.5, 0.6) is 5.75 Å². The SMILES string of the molecule is Oc1cc(-c2nc(-c3cccc(F)c3)no2)ccc1I. The van der Waals surface area contributed by atoms with Gasteiger partial charge in [0.2, 0.25) is 5.82 Å². The summed E-state index contributed by atoms with van der Waals surface area (Å²) in [5, 5.41) is 13.5. The van der Waals surface area contributed by atoms with Gasteiger partial charge in [0.1, 0.15) is 11.6 Å². The summed E-state index contributed by atoms with van der Waals surface area (Å²) in [6, 6.07) is 11.0. The number of hydrogen-bond acceptors (Lipinski definition) is 4. The molecule has 0 aliphatic heterocycles. The second-order valence-corrected chi connectivity index (χ2v) is 5.26. The molecular formula is C14H8FIN2O2. The van der Waals surface area contributed by atoms with Crippen molar-refractivity contribution in [3.63, 3.8) is 0 Å². The zero-order chi connectivity index (χ0) is 14.1. The van der Waals surface area contributed by atoms with Gasteiger partial charge >= 0.3 is 0 Å². The molecule has 100 valence electrons. The first-order chi connectivity index (χ1) is 9.63. The standard InChI is InChI=1S/C14H8FIN2O2/c15-10-3-1-2-8(6-10)13-17-14(20-18-13)9-4-5-11(16)12(19)7-9/h1-7,19H. The molecule has 3 rings (SSSR count). The number of phenols is 1. The van der Waals surface area contributed by atoms with E-state index in [1.807, 2.05) is 22.6 Å². The van der Waals surface area contributed by atoms with E-state index in [2.05, 4.69) is 10.1 Å². The molecule has 1 N–H and O–H groups in total. The molecule has 6 heteroatoms. The Balaban J connectivity index is 1.99. The minimum Gasteiger partial charge on any atom is -0.507 e. The van der Waals surface area contributed by atoms with E-state index in [9.17, 15) is 9.50 Å². The summed E-state index contributed by atoms with van der Waals surface area (Å²) in [4.78, 5) is 4.20. The molecule has 2 aromatic carbocycles. The molecule has 0 radical (unpaired) electrons. The summed E-state index contributed by atoms with van der Waals surface area (Å²) in [6.07, 6.45) is 0. The highest BCUT2D eigenvalue weighted by Crippen LogP contribution is 2.28. The summed E-state index contributed by atoms with van der Waals surface area (Å²) in [7, 11) is 0. The van der Waals surface area contributed by atoms with E-state index in [-0.39, 0.29) is 17.5 Å². The zero-order valence-corrected chi connectivity index (χ0v) is 12.2. The van der Waals surface area contributed by atoms with Crippen molar-refractivity contribution < 1.29 is 14.0 Å². The highest BCUT2D eigenvalue weighted by Gasteiger charge is 2.12. The van der Waals surface area contributed by atoms with Gasteiger partial charge in [0.15, 0.2) is 0 Å². The molecule has 0 saturated heterocycles. The van der Waals surface area contributed by atoms with Crippen molar-refractivity contribution in [2.75, 3.05) is 0 Å². The molecule has 0 bridgehead atoms. The minimum absolute atomic E-state index is 0.147. The Hall–Kier alpha value is -1.96. The van der Waals surface area contributed by atoms with Gasteiger partial charge in [-0.05, 0) is 52.9 Å². The van der Waals surface area contributed by atoms with Crippen molar-refractivity contribution in [2.45, 2.75) is 0 Å². The number of phenolic OH excluding ortho intramolecular Hbond substituents is 1. The predicted molar refractivity (Wildman–Crippen MR) is 79.5 cm³/mol. The van der Waals surface area contributed by atoms with Crippen LogP contribution in [0.15, 0.2) is 47.0 Å². The summed E-state index contributed by atoms with van der Waals surface area (Å²) in [5.41, 5.74) is 1.15. The highest BCUT2D eigenvalue weighted by atomic mass is 127. The maximum atomic E-state index is 13.2. The van der Waals surface area contributed by atoms with Gasteiger partial charge in [-0.25, -0.2) is 4.39 Å². The normalized spacial score (nSPS) is 10.7. The molecule has 0 unspecified atom stereocenters.